The average molecular weight is 300 g/mol. The van der Waals surface area contributed by atoms with Crippen LogP contribution in [0.5, 0.6) is 0 Å². The summed E-state index contributed by atoms with van der Waals surface area (Å²) < 4.78 is 30.9. The molecule has 1 aromatic rings. The molecule has 20 heavy (non-hydrogen) atoms. The van der Waals surface area contributed by atoms with Crippen molar-refractivity contribution >= 4 is 27.8 Å². The summed E-state index contributed by atoms with van der Waals surface area (Å²) >= 11 is 0. The predicted octanol–water partition coefficient (Wildman–Crippen LogP) is 0.398. The molecule has 4 N–H and O–H groups in total. The van der Waals surface area contributed by atoms with E-state index in [1.54, 1.807) is 11.6 Å². The summed E-state index contributed by atoms with van der Waals surface area (Å²) in [5.41, 5.74) is 6.08. The van der Waals surface area contributed by atoms with Crippen LogP contribution in [0, 0.1) is 5.41 Å². The summed E-state index contributed by atoms with van der Waals surface area (Å²) in [5, 5.41) is 7.25. The number of carbonyl (C=O) groups excluding carboxylic acids is 1. The summed E-state index contributed by atoms with van der Waals surface area (Å²) in [6.45, 7) is 1.63. The molecule has 0 radical (unpaired) electrons. The van der Waals surface area contributed by atoms with Crippen LogP contribution in [0.3, 0.4) is 0 Å². The van der Waals surface area contributed by atoms with E-state index in [2.05, 4.69) is 4.74 Å². The fraction of sp³-hybridized carbons (Fsp3) is 0.273. The molecule has 8 nitrogen and oxygen atoms in total. The van der Waals surface area contributed by atoms with Crippen molar-refractivity contribution in [3.05, 3.63) is 29.8 Å². The van der Waals surface area contributed by atoms with Gasteiger partial charge in [0.25, 0.3) is 0 Å². The Morgan fingerprint density at radius 3 is 2.40 bits per heavy atom. The maximum atomic E-state index is 11.9. The molecule has 1 aromatic carbocycles. The minimum Gasteiger partial charge on any atom is -0.449 e. The number of carbonyl (C=O) groups is 1. The summed E-state index contributed by atoms with van der Waals surface area (Å²) in [4.78, 5) is 11.2. The lowest BCUT2D eigenvalue weighted by Crippen LogP contribution is -2.41. The van der Waals surface area contributed by atoms with Gasteiger partial charge in [-0.2, -0.15) is 8.42 Å². The average Bonchev–Trinajstić information content (AvgIpc) is 2.37. The zero-order valence-corrected chi connectivity index (χ0v) is 11.9. The van der Waals surface area contributed by atoms with E-state index in [4.69, 9.17) is 11.1 Å². The molecule has 0 aromatic heterocycles. The SMILES string of the molecule is CCOC(=O)NS(=O)(=O)N(C)c1ccc(C(=N)N)cc1. The highest BCUT2D eigenvalue weighted by Crippen LogP contribution is 2.16. The third kappa shape index (κ3) is 3.85. The van der Waals surface area contributed by atoms with Gasteiger partial charge >= 0.3 is 16.3 Å². The molecule has 0 saturated carbocycles. The Labute approximate surface area is 117 Å². The molecule has 0 saturated heterocycles. The molecule has 0 spiro atoms. The number of benzene rings is 1. The molecule has 0 fully saturated rings. The number of nitrogens with one attached hydrogen (secondary N) is 2. The number of nitrogens with zero attached hydrogens (tertiary/aromatic N) is 1. The van der Waals surface area contributed by atoms with Crippen molar-refractivity contribution < 1.29 is 17.9 Å². The number of nitrogen functional groups attached to an aromatic ring is 1. The van der Waals surface area contributed by atoms with Crippen molar-refractivity contribution in [2.75, 3.05) is 18.0 Å². The highest BCUT2D eigenvalue weighted by atomic mass is 32.2. The normalized spacial score (nSPS) is 10.7. The van der Waals surface area contributed by atoms with Crippen LogP contribution < -0.4 is 14.8 Å². The third-order valence-corrected chi connectivity index (χ3v) is 3.75. The van der Waals surface area contributed by atoms with Gasteiger partial charge in [-0.05, 0) is 31.2 Å². The van der Waals surface area contributed by atoms with Crippen molar-refractivity contribution in [1.82, 2.24) is 4.72 Å². The lowest BCUT2D eigenvalue weighted by molar-refractivity contribution is 0.158. The lowest BCUT2D eigenvalue weighted by atomic mass is 10.2. The van der Waals surface area contributed by atoms with Crippen LogP contribution in [0.25, 0.3) is 0 Å². The zero-order chi connectivity index (χ0) is 15.3. The van der Waals surface area contributed by atoms with Gasteiger partial charge in [0.1, 0.15) is 5.84 Å². The molecule has 110 valence electrons. The molecule has 0 aliphatic rings. The Balaban J connectivity index is 2.90. The molecule has 0 bridgehead atoms. The van der Waals surface area contributed by atoms with Crippen molar-refractivity contribution in [1.29, 1.82) is 5.41 Å². The van der Waals surface area contributed by atoms with E-state index in [1.165, 1.54) is 31.3 Å². The van der Waals surface area contributed by atoms with E-state index in [1.807, 2.05) is 0 Å². The Morgan fingerprint density at radius 1 is 1.40 bits per heavy atom. The monoisotopic (exact) mass is 300 g/mol. The molecule has 0 atom stereocenters. The standard InChI is InChI=1S/C11H16N4O4S/c1-3-19-11(16)14-20(17,18)15(2)9-6-4-8(5-7-9)10(12)13/h4-7H,3H2,1-2H3,(H3,12,13)(H,14,16). The van der Waals surface area contributed by atoms with Crippen LogP contribution in [-0.2, 0) is 14.9 Å². The summed E-state index contributed by atoms with van der Waals surface area (Å²) in [6.07, 6.45) is -1.04. The van der Waals surface area contributed by atoms with Crippen molar-refractivity contribution in [2.24, 2.45) is 5.73 Å². The Morgan fingerprint density at radius 2 is 1.95 bits per heavy atom. The highest BCUT2D eigenvalue weighted by molar-refractivity contribution is 7.91. The maximum Gasteiger partial charge on any atom is 0.422 e. The van der Waals surface area contributed by atoms with Crippen LogP contribution in [0.4, 0.5) is 10.5 Å². The Kier molecular flexibility index (Phi) is 4.92. The molecule has 0 aliphatic carbocycles. The largest absolute Gasteiger partial charge is 0.449 e. The smallest absolute Gasteiger partial charge is 0.422 e. The second-order valence-corrected chi connectivity index (χ2v) is 5.46. The Bertz CT molecular complexity index is 597. The number of anilines is 1. The van der Waals surface area contributed by atoms with E-state index in [-0.39, 0.29) is 12.4 Å². The molecule has 0 unspecified atom stereocenters. The van der Waals surface area contributed by atoms with Crippen LogP contribution in [0.15, 0.2) is 24.3 Å². The summed E-state index contributed by atoms with van der Waals surface area (Å²) in [7, 11) is -2.76. The number of hydrogen-bond donors (Lipinski definition) is 3. The van der Waals surface area contributed by atoms with Crippen LogP contribution in [0.2, 0.25) is 0 Å². The maximum absolute atomic E-state index is 11.9. The van der Waals surface area contributed by atoms with E-state index in [0.29, 0.717) is 11.3 Å². The van der Waals surface area contributed by atoms with Gasteiger partial charge in [-0.15, -0.1) is 0 Å². The predicted molar refractivity (Wildman–Crippen MR) is 74.9 cm³/mol. The first kappa shape index (κ1) is 15.8. The molecule has 1 rings (SSSR count). The topological polar surface area (TPSA) is 126 Å². The summed E-state index contributed by atoms with van der Waals surface area (Å²) in [5.74, 6) is -0.119. The number of rotatable bonds is 5. The molecule has 0 aliphatic heterocycles. The molecule has 0 heterocycles. The van der Waals surface area contributed by atoms with E-state index in [9.17, 15) is 13.2 Å². The zero-order valence-electron chi connectivity index (χ0n) is 11.1. The first-order valence-electron chi connectivity index (χ1n) is 5.65. The summed E-state index contributed by atoms with van der Waals surface area (Å²) in [6, 6.07) is 5.96. The van der Waals surface area contributed by atoms with Crippen molar-refractivity contribution in [3.8, 4) is 0 Å². The van der Waals surface area contributed by atoms with Gasteiger partial charge in [-0.1, -0.05) is 0 Å². The lowest BCUT2D eigenvalue weighted by Gasteiger charge is -2.19. The number of amidine groups is 1. The van der Waals surface area contributed by atoms with Gasteiger partial charge in [-0.3, -0.25) is 9.71 Å². The Hall–Kier alpha value is -2.29. The highest BCUT2D eigenvalue weighted by Gasteiger charge is 2.21. The van der Waals surface area contributed by atoms with E-state index in [0.717, 1.165) is 4.31 Å². The van der Waals surface area contributed by atoms with Gasteiger partial charge in [0, 0.05) is 12.6 Å². The van der Waals surface area contributed by atoms with Gasteiger partial charge in [0.05, 0.1) is 12.3 Å². The number of amides is 1. The minimum absolute atomic E-state index is 0.0678. The fourth-order valence-corrected chi connectivity index (χ4v) is 2.13. The number of nitrogens with two attached hydrogens (primary N) is 1. The molecular weight excluding hydrogens is 284 g/mol. The van der Waals surface area contributed by atoms with Crippen LogP contribution >= 0.6 is 0 Å². The fourth-order valence-electron chi connectivity index (χ4n) is 1.32. The minimum atomic E-state index is -4.04. The van der Waals surface area contributed by atoms with E-state index < -0.39 is 16.3 Å². The van der Waals surface area contributed by atoms with Gasteiger partial charge < -0.3 is 10.5 Å². The van der Waals surface area contributed by atoms with Crippen LogP contribution in [0.1, 0.15) is 12.5 Å². The molecular formula is C11H16N4O4S. The third-order valence-electron chi connectivity index (χ3n) is 2.39. The second-order valence-electron chi connectivity index (χ2n) is 3.76. The second kappa shape index (κ2) is 6.24. The molecule has 1 amide bonds. The number of hydrogen-bond acceptors (Lipinski definition) is 5. The van der Waals surface area contributed by atoms with Gasteiger partial charge in [0.15, 0.2) is 0 Å². The van der Waals surface area contributed by atoms with Gasteiger partial charge in [0.2, 0.25) is 0 Å². The van der Waals surface area contributed by atoms with Crippen molar-refractivity contribution in [3.63, 3.8) is 0 Å². The quantitative estimate of drug-likeness (QED) is 0.536. The van der Waals surface area contributed by atoms with Crippen LogP contribution in [-0.4, -0.2) is 34.0 Å². The van der Waals surface area contributed by atoms with E-state index >= 15 is 0 Å². The number of ether oxygens (including phenoxy) is 1. The first-order chi connectivity index (χ1) is 9.27. The van der Waals surface area contributed by atoms with Crippen molar-refractivity contribution in [2.45, 2.75) is 6.92 Å². The molecule has 9 heteroatoms. The first-order valence-corrected chi connectivity index (χ1v) is 7.09. The van der Waals surface area contributed by atoms with Gasteiger partial charge in [-0.25, -0.2) is 9.52 Å².